The fraction of sp³-hybridized carbons (Fsp3) is 0.812. The van der Waals surface area contributed by atoms with Crippen LogP contribution in [0.5, 0.6) is 0 Å². The van der Waals surface area contributed by atoms with Crippen LogP contribution in [0.2, 0.25) is 0 Å². The van der Waals surface area contributed by atoms with Gasteiger partial charge in [0, 0.05) is 33.1 Å². The third kappa shape index (κ3) is 3.85. The summed E-state index contributed by atoms with van der Waals surface area (Å²) in [5.74, 6) is 0.939. The molecule has 1 amide bonds. The zero-order valence-corrected chi connectivity index (χ0v) is 13.6. The molecular weight excluding hydrogens is 278 g/mol. The fourth-order valence-electron chi connectivity index (χ4n) is 3.61. The van der Waals surface area contributed by atoms with Crippen molar-refractivity contribution < 1.29 is 4.79 Å². The topological polar surface area (TPSA) is 54.3 Å². The molecule has 2 fully saturated rings. The van der Waals surface area contributed by atoms with Crippen LogP contribution in [0.4, 0.5) is 0 Å². The summed E-state index contributed by atoms with van der Waals surface area (Å²) in [4.78, 5) is 16.8. The molecule has 1 atom stereocenters. The summed E-state index contributed by atoms with van der Waals surface area (Å²) in [7, 11) is 1.94. The Morgan fingerprint density at radius 3 is 2.73 bits per heavy atom. The van der Waals surface area contributed by atoms with Crippen molar-refractivity contribution in [2.75, 3.05) is 26.2 Å². The molecule has 0 spiro atoms. The molecule has 1 aromatic rings. The van der Waals surface area contributed by atoms with Gasteiger partial charge in [0.15, 0.2) is 0 Å². The Labute approximate surface area is 132 Å². The van der Waals surface area contributed by atoms with Crippen LogP contribution in [0.1, 0.15) is 44.2 Å². The molecule has 0 bridgehead atoms. The predicted molar refractivity (Wildman–Crippen MR) is 84.1 cm³/mol. The van der Waals surface area contributed by atoms with Gasteiger partial charge in [-0.3, -0.25) is 14.4 Å². The Morgan fingerprint density at radius 2 is 2.00 bits per heavy atom. The van der Waals surface area contributed by atoms with Crippen molar-refractivity contribution in [2.45, 2.75) is 45.1 Å². The normalized spacial score (nSPS) is 23.7. The molecule has 0 aliphatic carbocycles. The van der Waals surface area contributed by atoms with E-state index in [9.17, 15) is 4.79 Å². The van der Waals surface area contributed by atoms with Gasteiger partial charge in [0.1, 0.15) is 0 Å². The van der Waals surface area contributed by atoms with E-state index in [2.05, 4.69) is 20.1 Å². The Bertz CT molecular complexity index is 494. The molecule has 2 aliphatic heterocycles. The summed E-state index contributed by atoms with van der Waals surface area (Å²) >= 11 is 0. The number of amides is 1. The van der Waals surface area contributed by atoms with Gasteiger partial charge < -0.3 is 4.90 Å². The summed E-state index contributed by atoms with van der Waals surface area (Å²) in [5, 5.41) is 7.94. The summed E-state index contributed by atoms with van der Waals surface area (Å²) in [5.41, 5.74) is 1.16. The molecule has 0 N–H and O–H groups in total. The van der Waals surface area contributed by atoms with Gasteiger partial charge in [-0.15, -0.1) is 5.10 Å². The molecule has 2 aliphatic rings. The monoisotopic (exact) mass is 305 g/mol. The number of aryl methyl sites for hydroxylation is 1. The Balaban J connectivity index is 1.47. The molecule has 1 unspecified atom stereocenters. The van der Waals surface area contributed by atoms with E-state index in [0.717, 1.165) is 51.3 Å². The predicted octanol–water partition coefficient (Wildman–Crippen LogP) is 1.43. The highest BCUT2D eigenvalue weighted by Gasteiger charge is 2.24. The smallest absolute Gasteiger partial charge is 0.222 e. The van der Waals surface area contributed by atoms with E-state index in [1.165, 1.54) is 25.7 Å². The highest BCUT2D eigenvalue weighted by molar-refractivity contribution is 5.76. The zero-order chi connectivity index (χ0) is 15.4. The van der Waals surface area contributed by atoms with E-state index < -0.39 is 0 Å². The largest absolute Gasteiger partial charge is 0.343 e. The number of carbonyl (C=O) groups excluding carboxylic acids is 1. The van der Waals surface area contributed by atoms with Crippen molar-refractivity contribution in [3.05, 3.63) is 11.9 Å². The maximum absolute atomic E-state index is 12.3. The van der Waals surface area contributed by atoms with Crippen molar-refractivity contribution in [3.8, 4) is 0 Å². The lowest BCUT2D eigenvalue weighted by molar-refractivity contribution is -0.131. The number of hydrogen-bond acceptors (Lipinski definition) is 4. The van der Waals surface area contributed by atoms with E-state index in [4.69, 9.17) is 0 Å². The quantitative estimate of drug-likeness (QED) is 0.844. The van der Waals surface area contributed by atoms with Crippen LogP contribution in [0, 0.1) is 5.92 Å². The van der Waals surface area contributed by atoms with Crippen molar-refractivity contribution in [3.63, 3.8) is 0 Å². The lowest BCUT2D eigenvalue weighted by Gasteiger charge is -2.21. The molecule has 0 saturated carbocycles. The second kappa shape index (κ2) is 7.22. The van der Waals surface area contributed by atoms with Crippen molar-refractivity contribution >= 4 is 5.91 Å². The number of likely N-dealkylation sites (tertiary alicyclic amines) is 2. The van der Waals surface area contributed by atoms with Gasteiger partial charge >= 0.3 is 0 Å². The summed E-state index contributed by atoms with van der Waals surface area (Å²) in [6.45, 7) is 5.05. The Hall–Kier alpha value is -1.43. The first kappa shape index (κ1) is 15.5. The van der Waals surface area contributed by atoms with Crippen LogP contribution in [-0.4, -0.2) is 56.9 Å². The van der Waals surface area contributed by atoms with Gasteiger partial charge in [0.05, 0.1) is 11.9 Å². The molecule has 122 valence electrons. The molecule has 1 aromatic heterocycles. The Kier molecular flexibility index (Phi) is 5.08. The SMILES string of the molecule is Cn1nncc1CN1CCCC(CC(=O)N2CCCC2)CC1. The number of rotatable bonds is 4. The fourth-order valence-corrected chi connectivity index (χ4v) is 3.61. The van der Waals surface area contributed by atoms with E-state index in [-0.39, 0.29) is 0 Å². The molecule has 2 saturated heterocycles. The molecule has 6 heteroatoms. The highest BCUT2D eigenvalue weighted by Crippen LogP contribution is 2.23. The first-order valence-electron chi connectivity index (χ1n) is 8.56. The summed E-state index contributed by atoms with van der Waals surface area (Å²) in [6, 6.07) is 0. The number of hydrogen-bond donors (Lipinski definition) is 0. The first-order valence-corrected chi connectivity index (χ1v) is 8.56. The molecule has 6 nitrogen and oxygen atoms in total. The van der Waals surface area contributed by atoms with E-state index >= 15 is 0 Å². The summed E-state index contributed by atoms with van der Waals surface area (Å²) < 4.78 is 1.85. The number of nitrogens with zero attached hydrogens (tertiary/aromatic N) is 5. The van der Waals surface area contributed by atoms with Crippen LogP contribution < -0.4 is 0 Å². The van der Waals surface area contributed by atoms with Crippen molar-refractivity contribution in [2.24, 2.45) is 13.0 Å². The number of carbonyl (C=O) groups is 1. The first-order chi connectivity index (χ1) is 10.7. The number of aromatic nitrogens is 3. The van der Waals surface area contributed by atoms with E-state index in [0.29, 0.717) is 11.8 Å². The maximum Gasteiger partial charge on any atom is 0.222 e. The second-order valence-corrected chi connectivity index (χ2v) is 6.71. The third-order valence-electron chi connectivity index (χ3n) is 5.06. The van der Waals surface area contributed by atoms with Crippen LogP contribution >= 0.6 is 0 Å². The standard InChI is InChI=1S/C16H27N5O/c1-19-15(12-17-18-19)13-20-7-4-5-14(6-10-20)11-16(22)21-8-2-3-9-21/h12,14H,2-11,13H2,1H3. The Morgan fingerprint density at radius 1 is 1.18 bits per heavy atom. The van der Waals surface area contributed by atoms with E-state index in [1.54, 1.807) is 0 Å². The van der Waals surface area contributed by atoms with Crippen molar-refractivity contribution in [1.82, 2.24) is 24.8 Å². The molecule has 3 rings (SSSR count). The van der Waals surface area contributed by atoms with Crippen LogP contribution in [-0.2, 0) is 18.4 Å². The molecule has 0 aromatic carbocycles. The second-order valence-electron chi connectivity index (χ2n) is 6.71. The zero-order valence-electron chi connectivity index (χ0n) is 13.6. The lowest BCUT2D eigenvalue weighted by Crippen LogP contribution is -2.29. The maximum atomic E-state index is 12.3. The van der Waals surface area contributed by atoms with Gasteiger partial charge in [-0.25, -0.2) is 0 Å². The van der Waals surface area contributed by atoms with Gasteiger partial charge in [-0.05, 0) is 51.1 Å². The average Bonchev–Trinajstić information content (AvgIpc) is 3.11. The lowest BCUT2D eigenvalue weighted by atomic mass is 9.96. The van der Waals surface area contributed by atoms with Crippen LogP contribution in [0.3, 0.4) is 0 Å². The van der Waals surface area contributed by atoms with Gasteiger partial charge in [-0.2, -0.15) is 0 Å². The minimum atomic E-state index is 0.381. The van der Waals surface area contributed by atoms with Gasteiger partial charge in [0.25, 0.3) is 0 Å². The summed E-state index contributed by atoms with van der Waals surface area (Å²) in [6.07, 6.45) is 8.46. The van der Waals surface area contributed by atoms with E-state index in [1.807, 2.05) is 17.9 Å². The average molecular weight is 305 g/mol. The molecule has 0 radical (unpaired) electrons. The third-order valence-corrected chi connectivity index (χ3v) is 5.06. The van der Waals surface area contributed by atoms with Crippen molar-refractivity contribution in [1.29, 1.82) is 0 Å². The van der Waals surface area contributed by atoms with Crippen LogP contribution in [0.15, 0.2) is 6.20 Å². The van der Waals surface area contributed by atoms with Gasteiger partial charge in [0.2, 0.25) is 5.91 Å². The minimum Gasteiger partial charge on any atom is -0.343 e. The van der Waals surface area contributed by atoms with Gasteiger partial charge in [-0.1, -0.05) is 5.21 Å². The molecular formula is C16H27N5O. The highest BCUT2D eigenvalue weighted by atomic mass is 16.2. The van der Waals surface area contributed by atoms with Crippen LogP contribution in [0.25, 0.3) is 0 Å². The minimum absolute atomic E-state index is 0.381. The molecule has 22 heavy (non-hydrogen) atoms. The molecule has 3 heterocycles.